The Balaban J connectivity index is 1.78. The number of carboxylic acids is 1. The van der Waals surface area contributed by atoms with Gasteiger partial charge in [0.25, 0.3) is 5.91 Å². The standard InChI is InChI=1S/C26H35N3O3S/c1-19-7-3-4-8-21(19)23-17-20(18-27-12-15-29-13-5-6-14-29)9-10-22(23)25(30)28-24(26(31)32)11-16-33-2/h3-4,7-10,17,24,27H,5-6,11-16,18H2,1-2H3,(H,28,30)(H,31,32)/t24-/m0/s1. The minimum Gasteiger partial charge on any atom is -0.480 e. The number of aliphatic carboxylic acids is 1. The Kier molecular flexibility index (Phi) is 9.78. The second-order valence-corrected chi connectivity index (χ2v) is 9.55. The van der Waals surface area contributed by atoms with E-state index in [1.807, 2.05) is 49.6 Å². The Morgan fingerprint density at radius 3 is 2.58 bits per heavy atom. The number of nitrogens with zero attached hydrogens (tertiary/aromatic N) is 1. The quantitative estimate of drug-likeness (QED) is 0.411. The number of hydrogen-bond acceptors (Lipinski definition) is 5. The molecule has 1 amide bonds. The van der Waals surface area contributed by atoms with Gasteiger partial charge in [-0.1, -0.05) is 30.3 Å². The summed E-state index contributed by atoms with van der Waals surface area (Å²) < 4.78 is 0. The van der Waals surface area contributed by atoms with Crippen LogP contribution in [0.3, 0.4) is 0 Å². The van der Waals surface area contributed by atoms with Crippen LogP contribution in [-0.2, 0) is 11.3 Å². The SMILES string of the molecule is CSCC[C@H](NC(=O)c1ccc(CNCCN2CCCC2)cc1-c1ccccc1C)C(=O)O. The van der Waals surface area contributed by atoms with Gasteiger partial charge in [0.05, 0.1) is 0 Å². The highest BCUT2D eigenvalue weighted by Crippen LogP contribution is 2.28. The van der Waals surface area contributed by atoms with Gasteiger partial charge in [-0.05, 0) is 85.7 Å². The molecule has 0 spiro atoms. The van der Waals surface area contributed by atoms with Crippen molar-refractivity contribution in [2.75, 3.05) is 38.2 Å². The Bertz CT molecular complexity index is 944. The molecule has 1 heterocycles. The van der Waals surface area contributed by atoms with Crippen LogP contribution in [0.1, 0.15) is 40.7 Å². The van der Waals surface area contributed by atoms with Crippen LogP contribution in [0, 0.1) is 6.92 Å². The van der Waals surface area contributed by atoms with E-state index in [9.17, 15) is 14.7 Å². The van der Waals surface area contributed by atoms with Crippen LogP contribution in [0.4, 0.5) is 0 Å². The molecule has 2 aromatic rings. The second kappa shape index (κ2) is 12.8. The topological polar surface area (TPSA) is 81.7 Å². The van der Waals surface area contributed by atoms with Gasteiger partial charge in [0.15, 0.2) is 0 Å². The van der Waals surface area contributed by atoms with Gasteiger partial charge in [-0.3, -0.25) is 4.79 Å². The number of aryl methyl sites for hydroxylation is 1. The highest BCUT2D eigenvalue weighted by molar-refractivity contribution is 7.98. The highest BCUT2D eigenvalue weighted by Gasteiger charge is 2.22. The van der Waals surface area contributed by atoms with Crippen LogP contribution in [-0.4, -0.2) is 66.1 Å². The molecule has 33 heavy (non-hydrogen) atoms. The minimum atomic E-state index is -1.01. The van der Waals surface area contributed by atoms with Gasteiger partial charge in [0, 0.05) is 25.2 Å². The van der Waals surface area contributed by atoms with Gasteiger partial charge >= 0.3 is 5.97 Å². The maximum absolute atomic E-state index is 13.1. The molecule has 0 radical (unpaired) electrons. The summed E-state index contributed by atoms with van der Waals surface area (Å²) in [5.74, 6) is -0.687. The number of nitrogens with one attached hydrogen (secondary N) is 2. The second-order valence-electron chi connectivity index (χ2n) is 8.57. The predicted molar refractivity (Wildman–Crippen MR) is 136 cm³/mol. The lowest BCUT2D eigenvalue weighted by Crippen LogP contribution is -2.41. The predicted octanol–water partition coefficient (Wildman–Crippen LogP) is 3.78. The molecule has 0 bridgehead atoms. The first-order chi connectivity index (χ1) is 16.0. The molecule has 6 nitrogen and oxygen atoms in total. The fourth-order valence-electron chi connectivity index (χ4n) is 4.20. The van der Waals surface area contributed by atoms with E-state index < -0.39 is 12.0 Å². The van der Waals surface area contributed by atoms with Crippen molar-refractivity contribution >= 4 is 23.6 Å². The number of benzene rings is 2. The van der Waals surface area contributed by atoms with Crippen molar-refractivity contribution in [2.24, 2.45) is 0 Å². The van der Waals surface area contributed by atoms with E-state index in [-0.39, 0.29) is 5.91 Å². The highest BCUT2D eigenvalue weighted by atomic mass is 32.2. The fraction of sp³-hybridized carbons (Fsp3) is 0.462. The average Bonchev–Trinajstić information content (AvgIpc) is 3.33. The van der Waals surface area contributed by atoms with Crippen LogP contribution < -0.4 is 10.6 Å². The van der Waals surface area contributed by atoms with Gasteiger partial charge in [0.1, 0.15) is 6.04 Å². The van der Waals surface area contributed by atoms with Crippen molar-refractivity contribution in [1.29, 1.82) is 0 Å². The van der Waals surface area contributed by atoms with Crippen molar-refractivity contribution in [1.82, 2.24) is 15.5 Å². The molecular formula is C26H35N3O3S. The molecule has 178 valence electrons. The van der Waals surface area contributed by atoms with E-state index in [2.05, 4.69) is 21.6 Å². The number of carbonyl (C=O) groups excluding carboxylic acids is 1. The molecule has 0 saturated carbocycles. The first-order valence-electron chi connectivity index (χ1n) is 11.6. The number of rotatable bonds is 12. The lowest BCUT2D eigenvalue weighted by Gasteiger charge is -2.18. The zero-order chi connectivity index (χ0) is 23.6. The van der Waals surface area contributed by atoms with E-state index in [4.69, 9.17) is 0 Å². The Hall–Kier alpha value is -2.35. The zero-order valence-corrected chi connectivity index (χ0v) is 20.4. The average molecular weight is 470 g/mol. The minimum absolute atomic E-state index is 0.352. The van der Waals surface area contributed by atoms with Crippen molar-refractivity contribution in [3.63, 3.8) is 0 Å². The van der Waals surface area contributed by atoms with E-state index >= 15 is 0 Å². The fourth-order valence-corrected chi connectivity index (χ4v) is 4.67. The van der Waals surface area contributed by atoms with Gasteiger partial charge in [-0.25, -0.2) is 4.79 Å². The molecule has 3 rings (SSSR count). The van der Waals surface area contributed by atoms with E-state index in [1.54, 1.807) is 11.8 Å². The smallest absolute Gasteiger partial charge is 0.326 e. The van der Waals surface area contributed by atoms with Crippen molar-refractivity contribution in [3.05, 3.63) is 59.2 Å². The summed E-state index contributed by atoms with van der Waals surface area (Å²) >= 11 is 1.57. The molecule has 0 unspecified atom stereocenters. The number of thioether (sulfide) groups is 1. The van der Waals surface area contributed by atoms with Gasteiger partial charge in [0.2, 0.25) is 0 Å². The first kappa shape index (κ1) is 25.3. The van der Waals surface area contributed by atoms with Gasteiger partial charge in [-0.15, -0.1) is 0 Å². The number of amides is 1. The molecular weight excluding hydrogens is 434 g/mol. The summed E-state index contributed by atoms with van der Waals surface area (Å²) in [6.07, 6.45) is 4.91. The maximum Gasteiger partial charge on any atom is 0.326 e. The zero-order valence-electron chi connectivity index (χ0n) is 19.6. The van der Waals surface area contributed by atoms with Gasteiger partial charge < -0.3 is 20.6 Å². The molecule has 1 aliphatic rings. The number of hydrogen-bond donors (Lipinski definition) is 3. The maximum atomic E-state index is 13.1. The van der Waals surface area contributed by atoms with Crippen LogP contribution in [0.5, 0.6) is 0 Å². The van der Waals surface area contributed by atoms with Crippen molar-refractivity contribution < 1.29 is 14.7 Å². The van der Waals surface area contributed by atoms with E-state index in [0.717, 1.165) is 41.9 Å². The van der Waals surface area contributed by atoms with Gasteiger partial charge in [-0.2, -0.15) is 11.8 Å². The third-order valence-electron chi connectivity index (χ3n) is 6.11. The first-order valence-corrected chi connectivity index (χ1v) is 13.0. The monoisotopic (exact) mass is 469 g/mol. The van der Waals surface area contributed by atoms with Crippen LogP contribution in [0.2, 0.25) is 0 Å². The van der Waals surface area contributed by atoms with Crippen molar-refractivity contribution in [3.8, 4) is 11.1 Å². The van der Waals surface area contributed by atoms with E-state index in [1.165, 1.54) is 25.9 Å². The normalized spacial score (nSPS) is 14.8. The molecule has 0 aliphatic carbocycles. The number of carboxylic acid groups (broad SMARTS) is 1. The van der Waals surface area contributed by atoms with Crippen LogP contribution >= 0.6 is 11.8 Å². The summed E-state index contributed by atoms with van der Waals surface area (Å²) in [5.41, 5.74) is 4.49. The molecule has 1 fully saturated rings. The lowest BCUT2D eigenvalue weighted by atomic mass is 9.93. The number of carbonyl (C=O) groups is 2. The van der Waals surface area contributed by atoms with Crippen LogP contribution in [0.15, 0.2) is 42.5 Å². The summed E-state index contributed by atoms with van der Waals surface area (Å²) in [6.45, 7) is 7.11. The summed E-state index contributed by atoms with van der Waals surface area (Å²) in [6, 6.07) is 12.9. The molecule has 2 aromatic carbocycles. The summed E-state index contributed by atoms with van der Waals surface area (Å²) in [4.78, 5) is 27.3. The third-order valence-corrected chi connectivity index (χ3v) is 6.75. The van der Waals surface area contributed by atoms with Crippen molar-refractivity contribution in [2.45, 2.75) is 38.8 Å². The Morgan fingerprint density at radius 2 is 1.88 bits per heavy atom. The largest absolute Gasteiger partial charge is 0.480 e. The summed E-state index contributed by atoms with van der Waals surface area (Å²) in [7, 11) is 0. The molecule has 3 N–H and O–H groups in total. The Morgan fingerprint density at radius 1 is 1.12 bits per heavy atom. The molecule has 1 aliphatic heterocycles. The molecule has 0 aromatic heterocycles. The third kappa shape index (κ3) is 7.32. The molecule has 7 heteroatoms. The summed E-state index contributed by atoms with van der Waals surface area (Å²) in [5, 5.41) is 15.8. The molecule has 1 saturated heterocycles. The van der Waals surface area contributed by atoms with E-state index in [0.29, 0.717) is 17.7 Å². The Labute approximate surface area is 201 Å². The number of likely N-dealkylation sites (tertiary alicyclic amines) is 1. The lowest BCUT2D eigenvalue weighted by molar-refractivity contribution is -0.139. The molecule has 1 atom stereocenters. The van der Waals surface area contributed by atoms with Crippen LogP contribution in [0.25, 0.3) is 11.1 Å².